The molecule has 0 atom stereocenters. The van der Waals surface area contributed by atoms with Crippen LogP contribution in [0.1, 0.15) is 5.56 Å². The van der Waals surface area contributed by atoms with Gasteiger partial charge in [0, 0.05) is 22.1 Å². The number of hydrogen-bond donors (Lipinski definition) is 4. The second-order valence-corrected chi connectivity index (χ2v) is 16.9. The van der Waals surface area contributed by atoms with Gasteiger partial charge in [-0.05, 0) is 113 Å². The van der Waals surface area contributed by atoms with Gasteiger partial charge in [-0.15, -0.1) is 10.2 Å². The van der Waals surface area contributed by atoms with Gasteiger partial charge in [0.05, 0.1) is 26.1 Å². The van der Waals surface area contributed by atoms with Crippen molar-refractivity contribution < 1.29 is 143 Å². The van der Waals surface area contributed by atoms with Gasteiger partial charge < -0.3 is 34.5 Å². The van der Waals surface area contributed by atoms with E-state index in [1.165, 1.54) is 66.7 Å². The molecule has 0 radical (unpaired) electrons. The minimum absolute atomic E-state index is 0. The summed E-state index contributed by atoms with van der Waals surface area (Å²) in [5.74, 6) is -1.36. The molecule has 0 aliphatic rings. The Bertz CT molecular complexity index is 3340. The minimum Gasteiger partial charge on any atom is -0.744 e. The van der Waals surface area contributed by atoms with Gasteiger partial charge in [-0.1, -0.05) is 30.3 Å². The fourth-order valence-electron chi connectivity index (χ4n) is 6.04. The van der Waals surface area contributed by atoms with E-state index >= 15 is 0 Å². The topological polar surface area (TPSA) is 303 Å². The Kier molecular flexibility index (Phi) is 16.3. The molecule has 300 valence electrons. The van der Waals surface area contributed by atoms with Gasteiger partial charge in [0.15, 0.2) is 11.5 Å². The molecule has 0 aliphatic carbocycles. The number of urea groups is 1. The standard InChI is InChI=1S/C38H28N6O12S3.3Na/c1-20-4-2-3-5-31(20)42-44-35-33(59(54,55)56)19-24-16-26(10-13-30(24)37(35)46)40-38(47)39-25-9-12-29-23(15-25)18-32(58(51,52)53)34(36(29)45)43-41-27-8-6-22-17-28(57(48,49)50)11-7-21(22)14-27;;;/h2-19,45-46H,1H3,(H2,39,40,47)(H,48,49,50)(H,51,52,53)(H,54,55,56);;;/q;3*+1/p-3. The number of anilines is 2. The predicted molar refractivity (Wildman–Crippen MR) is 211 cm³/mol. The molecule has 62 heavy (non-hydrogen) atoms. The monoisotopic (exact) mass is 922 g/mol. The van der Waals surface area contributed by atoms with Crippen molar-refractivity contribution in [3.05, 3.63) is 115 Å². The second kappa shape index (κ2) is 19.9. The molecular weight excluding hydrogens is 898 g/mol. The first-order valence-corrected chi connectivity index (χ1v) is 21.0. The van der Waals surface area contributed by atoms with Crippen molar-refractivity contribution >= 4 is 103 Å². The number of carbonyl (C=O) groups is 1. The number of fused-ring (bicyclic) bond motifs is 3. The smallest absolute Gasteiger partial charge is 0.744 e. The van der Waals surface area contributed by atoms with E-state index in [0.29, 0.717) is 22.0 Å². The Morgan fingerprint density at radius 2 is 1.02 bits per heavy atom. The van der Waals surface area contributed by atoms with Crippen molar-refractivity contribution in [1.82, 2.24) is 0 Å². The first kappa shape index (κ1) is 50.8. The number of amides is 2. The number of aromatic hydroxyl groups is 2. The predicted octanol–water partition coefficient (Wildman–Crippen LogP) is -0.935. The third kappa shape index (κ3) is 11.2. The van der Waals surface area contributed by atoms with Gasteiger partial charge in [-0.3, -0.25) is 0 Å². The van der Waals surface area contributed by atoms with E-state index in [2.05, 4.69) is 31.1 Å². The fraction of sp³-hybridized carbons (Fsp3) is 0.0263. The molecule has 0 aliphatic heterocycles. The third-order valence-corrected chi connectivity index (χ3v) is 11.4. The Labute approximate surface area is 419 Å². The summed E-state index contributed by atoms with van der Waals surface area (Å²) in [5.41, 5.74) is 0.134. The molecular formula is C38H25N6Na3O12S3. The summed E-state index contributed by atoms with van der Waals surface area (Å²) in [5, 5.41) is 43.8. The largest absolute Gasteiger partial charge is 1.00 e. The van der Waals surface area contributed by atoms with Crippen LogP contribution in [0.4, 0.5) is 38.9 Å². The summed E-state index contributed by atoms with van der Waals surface area (Å²) in [6.07, 6.45) is 0. The molecule has 0 saturated carbocycles. The molecule has 7 aromatic carbocycles. The van der Waals surface area contributed by atoms with Crippen molar-refractivity contribution in [3.63, 3.8) is 0 Å². The van der Waals surface area contributed by atoms with Gasteiger partial charge >= 0.3 is 94.7 Å². The molecule has 0 heterocycles. The van der Waals surface area contributed by atoms with E-state index in [9.17, 15) is 53.9 Å². The van der Waals surface area contributed by atoms with E-state index in [0.717, 1.165) is 18.2 Å². The molecule has 24 heteroatoms. The summed E-state index contributed by atoms with van der Waals surface area (Å²) in [4.78, 5) is 10.8. The third-order valence-electron chi connectivity index (χ3n) is 8.88. The number of carbonyl (C=O) groups excluding carboxylic acids is 1. The van der Waals surface area contributed by atoms with Crippen molar-refractivity contribution in [2.75, 3.05) is 10.6 Å². The first-order chi connectivity index (χ1) is 27.8. The maximum Gasteiger partial charge on any atom is 1.00 e. The number of azo groups is 2. The summed E-state index contributed by atoms with van der Waals surface area (Å²) in [6.45, 7) is 1.74. The SMILES string of the molecule is Cc1ccccc1N=Nc1c(S(=O)(=O)[O-])cc2cc(NC(=O)Nc3ccc4c(O)c(N=Nc5ccc6cc(S(=O)(=O)[O-])ccc6c5)c(S(=O)(=O)[O-])cc4c3)ccc2c1O.[Na+].[Na+].[Na+]. The van der Waals surface area contributed by atoms with Gasteiger partial charge in [0.1, 0.15) is 41.7 Å². The van der Waals surface area contributed by atoms with Crippen LogP contribution in [0, 0.1) is 6.92 Å². The molecule has 0 unspecified atom stereocenters. The van der Waals surface area contributed by atoms with Gasteiger partial charge in [-0.2, -0.15) is 10.2 Å². The van der Waals surface area contributed by atoms with E-state index in [1.807, 2.05) is 0 Å². The zero-order valence-electron chi connectivity index (χ0n) is 32.9. The molecule has 18 nitrogen and oxygen atoms in total. The zero-order valence-corrected chi connectivity index (χ0v) is 41.3. The average molecular weight is 923 g/mol. The number of phenols is 2. The Hall–Kier alpha value is -3.88. The van der Waals surface area contributed by atoms with Crippen LogP contribution in [0.5, 0.6) is 11.5 Å². The Morgan fingerprint density at radius 1 is 0.532 bits per heavy atom. The van der Waals surface area contributed by atoms with Crippen LogP contribution < -0.4 is 99.3 Å². The number of nitrogens with one attached hydrogen (secondary N) is 2. The van der Waals surface area contributed by atoms with E-state index in [4.69, 9.17) is 0 Å². The van der Waals surface area contributed by atoms with Crippen LogP contribution in [0.25, 0.3) is 32.3 Å². The van der Waals surface area contributed by atoms with Crippen LogP contribution in [-0.4, -0.2) is 55.2 Å². The van der Waals surface area contributed by atoms with Crippen LogP contribution in [0.15, 0.2) is 144 Å². The number of benzene rings is 7. The first-order valence-electron chi connectivity index (χ1n) is 16.7. The Morgan fingerprint density at radius 3 is 1.52 bits per heavy atom. The molecule has 7 aromatic rings. The number of aryl methyl sites for hydroxylation is 1. The summed E-state index contributed by atoms with van der Waals surface area (Å²) in [7, 11) is -15.2. The maximum atomic E-state index is 13.0. The number of nitrogens with zero attached hydrogens (tertiary/aromatic N) is 4. The van der Waals surface area contributed by atoms with E-state index < -0.39 is 73.9 Å². The fourth-order valence-corrected chi connectivity index (χ4v) is 7.84. The summed E-state index contributed by atoms with van der Waals surface area (Å²) >= 11 is 0. The van der Waals surface area contributed by atoms with Crippen LogP contribution in [0.2, 0.25) is 0 Å². The van der Waals surface area contributed by atoms with Crippen molar-refractivity contribution in [1.29, 1.82) is 0 Å². The number of hydrogen-bond acceptors (Lipinski definition) is 16. The molecule has 2 amide bonds. The van der Waals surface area contributed by atoms with Gasteiger partial charge in [0.2, 0.25) is 0 Å². The van der Waals surface area contributed by atoms with Gasteiger partial charge in [0.25, 0.3) is 0 Å². The molecule has 0 aromatic heterocycles. The number of phenolic OH excluding ortho intramolecular Hbond substituents is 2. The maximum absolute atomic E-state index is 13.0. The Balaban J connectivity index is 0.00000282. The molecule has 0 fully saturated rings. The van der Waals surface area contributed by atoms with Crippen LogP contribution in [0.3, 0.4) is 0 Å². The molecule has 0 spiro atoms. The van der Waals surface area contributed by atoms with Crippen molar-refractivity contribution in [2.45, 2.75) is 21.6 Å². The molecule has 4 N–H and O–H groups in total. The molecule has 0 saturated heterocycles. The molecule has 0 bridgehead atoms. The van der Waals surface area contributed by atoms with Crippen LogP contribution >= 0.6 is 0 Å². The minimum atomic E-state index is -5.27. The second-order valence-electron chi connectivity index (χ2n) is 12.8. The average Bonchev–Trinajstić information content (AvgIpc) is 3.16. The van der Waals surface area contributed by atoms with E-state index in [1.54, 1.807) is 31.2 Å². The van der Waals surface area contributed by atoms with Gasteiger partial charge in [-0.25, -0.2) is 30.0 Å². The zero-order chi connectivity index (χ0) is 42.4. The van der Waals surface area contributed by atoms with Crippen molar-refractivity contribution in [2.24, 2.45) is 20.5 Å². The normalized spacial score (nSPS) is 11.9. The summed E-state index contributed by atoms with van der Waals surface area (Å²) in [6, 6.07) is 23.7. The van der Waals surface area contributed by atoms with E-state index in [-0.39, 0.29) is 127 Å². The number of rotatable bonds is 9. The molecule has 7 rings (SSSR count). The quantitative estimate of drug-likeness (QED) is 0.0776. The van der Waals surface area contributed by atoms with Crippen LogP contribution in [-0.2, 0) is 30.4 Å². The summed E-state index contributed by atoms with van der Waals surface area (Å²) < 4.78 is 108. The van der Waals surface area contributed by atoms with Crippen molar-refractivity contribution in [3.8, 4) is 11.5 Å².